The van der Waals surface area contributed by atoms with Gasteiger partial charge in [0.25, 0.3) is 0 Å². The average molecular weight is 435 g/mol. The van der Waals surface area contributed by atoms with Gasteiger partial charge in [-0.3, -0.25) is 14.6 Å². The number of methoxy groups -OCH3 is 1. The summed E-state index contributed by atoms with van der Waals surface area (Å²) >= 11 is 0. The van der Waals surface area contributed by atoms with Gasteiger partial charge in [0.1, 0.15) is 12.1 Å². The summed E-state index contributed by atoms with van der Waals surface area (Å²) in [7, 11) is 1.25. The van der Waals surface area contributed by atoms with Crippen LogP contribution in [0.3, 0.4) is 0 Å². The minimum Gasteiger partial charge on any atom is -0.467 e. The van der Waals surface area contributed by atoms with Crippen LogP contribution in [0.2, 0.25) is 0 Å². The predicted molar refractivity (Wildman–Crippen MR) is 119 cm³/mol. The SMILES string of the molecule is COC(=O)[C@H](NC(=O)[C@@H](CCCN=C(N)N)NC(=O)[C@@H](N)Cc1ccccc1)C(C)C. The van der Waals surface area contributed by atoms with Gasteiger partial charge in [0, 0.05) is 6.54 Å². The number of amides is 2. The van der Waals surface area contributed by atoms with E-state index in [0.29, 0.717) is 19.4 Å². The smallest absolute Gasteiger partial charge is 0.328 e. The zero-order valence-corrected chi connectivity index (χ0v) is 18.3. The molecule has 0 spiro atoms. The van der Waals surface area contributed by atoms with Crippen LogP contribution in [0.5, 0.6) is 0 Å². The number of nitrogens with zero attached hydrogens (tertiary/aromatic N) is 1. The number of hydrogen-bond donors (Lipinski definition) is 5. The summed E-state index contributed by atoms with van der Waals surface area (Å²) in [6, 6.07) is 6.75. The highest BCUT2D eigenvalue weighted by Gasteiger charge is 2.30. The van der Waals surface area contributed by atoms with Crippen molar-refractivity contribution in [3.8, 4) is 0 Å². The van der Waals surface area contributed by atoms with Crippen molar-refractivity contribution in [3.63, 3.8) is 0 Å². The Hall–Kier alpha value is -3.14. The molecule has 8 N–H and O–H groups in total. The molecule has 172 valence electrons. The molecule has 1 aromatic rings. The van der Waals surface area contributed by atoms with Crippen molar-refractivity contribution >= 4 is 23.7 Å². The zero-order valence-electron chi connectivity index (χ0n) is 18.3. The quantitative estimate of drug-likeness (QED) is 0.126. The second-order valence-corrected chi connectivity index (χ2v) is 7.56. The van der Waals surface area contributed by atoms with E-state index in [0.717, 1.165) is 5.56 Å². The molecule has 0 unspecified atom stereocenters. The van der Waals surface area contributed by atoms with Gasteiger partial charge in [-0.15, -0.1) is 0 Å². The minimum atomic E-state index is -0.908. The Balaban J connectivity index is 2.85. The lowest BCUT2D eigenvalue weighted by Crippen LogP contribution is -2.55. The van der Waals surface area contributed by atoms with E-state index in [1.807, 2.05) is 30.3 Å². The second kappa shape index (κ2) is 13.2. The van der Waals surface area contributed by atoms with E-state index in [2.05, 4.69) is 15.6 Å². The van der Waals surface area contributed by atoms with E-state index < -0.39 is 35.9 Å². The highest BCUT2D eigenvalue weighted by Crippen LogP contribution is 2.07. The van der Waals surface area contributed by atoms with Gasteiger partial charge in [-0.25, -0.2) is 4.79 Å². The molecule has 0 aliphatic carbocycles. The molecule has 0 aliphatic rings. The standard InChI is InChI=1S/C21H34N6O4/c1-13(2)17(20(30)31-3)27-19(29)16(10-7-11-25-21(23)24)26-18(28)15(22)12-14-8-5-4-6-9-14/h4-6,8-9,13,15-17H,7,10-12,22H2,1-3H3,(H,26,28)(H,27,29)(H4,23,24,25)/t15-,16+,17+/m0/s1. The third-order valence-electron chi connectivity index (χ3n) is 4.63. The first-order chi connectivity index (χ1) is 14.6. The Labute approximate surface area is 183 Å². The van der Waals surface area contributed by atoms with E-state index in [-0.39, 0.29) is 18.3 Å². The summed E-state index contributed by atoms with van der Waals surface area (Å²) in [4.78, 5) is 41.4. The molecule has 0 fully saturated rings. The third-order valence-corrected chi connectivity index (χ3v) is 4.63. The minimum absolute atomic E-state index is 0.0551. The fourth-order valence-corrected chi connectivity index (χ4v) is 2.89. The number of nitrogens with two attached hydrogens (primary N) is 3. The maximum Gasteiger partial charge on any atom is 0.328 e. The van der Waals surface area contributed by atoms with Crippen molar-refractivity contribution in [3.05, 3.63) is 35.9 Å². The van der Waals surface area contributed by atoms with Crippen LogP contribution in [-0.2, 0) is 25.5 Å². The van der Waals surface area contributed by atoms with Crippen molar-refractivity contribution in [1.82, 2.24) is 10.6 Å². The van der Waals surface area contributed by atoms with Crippen LogP contribution in [0, 0.1) is 5.92 Å². The molecule has 0 radical (unpaired) electrons. The van der Waals surface area contributed by atoms with E-state index in [9.17, 15) is 14.4 Å². The highest BCUT2D eigenvalue weighted by molar-refractivity contribution is 5.92. The molecule has 10 heteroatoms. The molecule has 1 rings (SSSR count). The molecule has 0 heterocycles. The molecule has 1 aromatic carbocycles. The fourth-order valence-electron chi connectivity index (χ4n) is 2.89. The van der Waals surface area contributed by atoms with Crippen LogP contribution in [0.1, 0.15) is 32.3 Å². The van der Waals surface area contributed by atoms with Gasteiger partial charge in [0.05, 0.1) is 13.2 Å². The maximum atomic E-state index is 12.9. The number of esters is 1. The molecular weight excluding hydrogens is 400 g/mol. The van der Waals surface area contributed by atoms with Gasteiger partial charge in [-0.05, 0) is 30.7 Å². The van der Waals surface area contributed by atoms with E-state index >= 15 is 0 Å². The van der Waals surface area contributed by atoms with Crippen molar-refractivity contribution in [2.75, 3.05) is 13.7 Å². The number of rotatable bonds is 12. The van der Waals surface area contributed by atoms with Gasteiger partial charge >= 0.3 is 5.97 Å². The summed E-state index contributed by atoms with van der Waals surface area (Å²) in [5, 5.41) is 5.34. The maximum absolute atomic E-state index is 12.9. The molecule has 0 aromatic heterocycles. The normalized spacial score (nSPS) is 13.6. The number of nitrogens with one attached hydrogen (secondary N) is 2. The van der Waals surface area contributed by atoms with Crippen LogP contribution >= 0.6 is 0 Å². The number of hydrogen-bond acceptors (Lipinski definition) is 6. The van der Waals surface area contributed by atoms with E-state index in [4.69, 9.17) is 21.9 Å². The van der Waals surface area contributed by atoms with Crippen LogP contribution in [-0.4, -0.2) is 55.5 Å². The topological polar surface area (TPSA) is 175 Å². The van der Waals surface area contributed by atoms with Crippen LogP contribution < -0.4 is 27.8 Å². The lowest BCUT2D eigenvalue weighted by molar-refractivity contribution is -0.146. The number of aliphatic imine (C=N–C) groups is 1. The molecule has 31 heavy (non-hydrogen) atoms. The summed E-state index contributed by atoms with van der Waals surface area (Å²) in [6.45, 7) is 3.86. The summed E-state index contributed by atoms with van der Waals surface area (Å²) in [6.07, 6.45) is 1.03. The molecule has 0 aliphatic heterocycles. The number of ether oxygens (including phenoxy) is 1. The van der Waals surface area contributed by atoms with Crippen molar-refractivity contribution < 1.29 is 19.1 Å². The number of benzene rings is 1. The first kappa shape index (κ1) is 25.9. The van der Waals surface area contributed by atoms with Gasteiger partial charge in [0.15, 0.2) is 5.96 Å². The van der Waals surface area contributed by atoms with Crippen LogP contribution in [0.4, 0.5) is 0 Å². The molecule has 10 nitrogen and oxygen atoms in total. The lowest BCUT2D eigenvalue weighted by Gasteiger charge is -2.25. The summed E-state index contributed by atoms with van der Waals surface area (Å²) < 4.78 is 4.76. The summed E-state index contributed by atoms with van der Waals surface area (Å²) in [5.74, 6) is -1.79. The first-order valence-corrected chi connectivity index (χ1v) is 10.2. The second-order valence-electron chi connectivity index (χ2n) is 7.56. The van der Waals surface area contributed by atoms with Crippen molar-refractivity contribution in [2.24, 2.45) is 28.1 Å². The lowest BCUT2D eigenvalue weighted by atomic mass is 10.0. The monoisotopic (exact) mass is 434 g/mol. The zero-order chi connectivity index (χ0) is 23.4. The van der Waals surface area contributed by atoms with Crippen LogP contribution in [0.15, 0.2) is 35.3 Å². The molecule has 0 saturated carbocycles. The Morgan fingerprint density at radius 3 is 2.26 bits per heavy atom. The van der Waals surface area contributed by atoms with Crippen molar-refractivity contribution in [1.29, 1.82) is 0 Å². The van der Waals surface area contributed by atoms with Gasteiger partial charge in [-0.1, -0.05) is 44.2 Å². The highest BCUT2D eigenvalue weighted by atomic mass is 16.5. The third kappa shape index (κ3) is 9.47. The molecule has 0 saturated heterocycles. The molecule has 0 bridgehead atoms. The van der Waals surface area contributed by atoms with Crippen LogP contribution in [0.25, 0.3) is 0 Å². The summed E-state index contributed by atoms with van der Waals surface area (Å²) in [5.41, 5.74) is 17.6. The van der Waals surface area contributed by atoms with Gasteiger partial charge in [0.2, 0.25) is 11.8 Å². The number of guanidine groups is 1. The van der Waals surface area contributed by atoms with E-state index in [1.54, 1.807) is 13.8 Å². The Morgan fingerprint density at radius 2 is 1.71 bits per heavy atom. The fraction of sp³-hybridized carbons (Fsp3) is 0.524. The number of carbonyl (C=O) groups excluding carboxylic acids is 3. The molecular formula is C21H34N6O4. The first-order valence-electron chi connectivity index (χ1n) is 10.2. The Morgan fingerprint density at radius 1 is 1.06 bits per heavy atom. The largest absolute Gasteiger partial charge is 0.467 e. The average Bonchev–Trinajstić information content (AvgIpc) is 2.73. The van der Waals surface area contributed by atoms with Gasteiger partial charge < -0.3 is 32.6 Å². The Kier molecular flexibility index (Phi) is 11.0. The predicted octanol–water partition coefficient (Wildman–Crippen LogP) is -0.591. The van der Waals surface area contributed by atoms with E-state index in [1.165, 1.54) is 7.11 Å². The number of carbonyl (C=O) groups is 3. The van der Waals surface area contributed by atoms with Crippen molar-refractivity contribution in [2.45, 2.75) is 51.2 Å². The molecule has 2 amide bonds. The van der Waals surface area contributed by atoms with Gasteiger partial charge in [-0.2, -0.15) is 0 Å². The Bertz CT molecular complexity index is 749. The molecule has 3 atom stereocenters.